The van der Waals surface area contributed by atoms with E-state index >= 15 is 0 Å². The van der Waals surface area contributed by atoms with E-state index in [4.69, 9.17) is 20.9 Å². The number of rotatable bonds is 5. The molecule has 0 aliphatic rings. The average Bonchev–Trinajstić information content (AvgIpc) is 1.99. The van der Waals surface area contributed by atoms with Crippen LogP contribution in [0.4, 0.5) is 0 Å². The molecule has 0 radical (unpaired) electrons. The van der Waals surface area contributed by atoms with E-state index in [2.05, 4.69) is 12.6 Å². The summed E-state index contributed by atoms with van der Waals surface area (Å²) in [5, 5.41) is 25.6. The van der Waals surface area contributed by atoms with E-state index in [1.165, 1.54) is 0 Å². The minimum atomic E-state index is -1.52. The van der Waals surface area contributed by atoms with Gasteiger partial charge < -0.3 is 20.9 Å². The Balaban J connectivity index is 4.06. The Kier molecular flexibility index (Phi) is 4.62. The van der Waals surface area contributed by atoms with Crippen LogP contribution in [0.25, 0.3) is 0 Å². The smallest absolute Gasteiger partial charge is 0.451 e. The number of hydrogen-bond donors (Lipinski definition) is 5. The van der Waals surface area contributed by atoms with Gasteiger partial charge in [-0.05, 0) is 12.7 Å². The molecule has 1 unspecified atom stereocenters. The monoisotopic (exact) mass is 193 g/mol. The second-order valence-electron chi connectivity index (χ2n) is 2.64. The number of carbonyl (C=O) groups is 1. The number of hydrogen-bond acceptors (Lipinski definition) is 5. The maximum absolute atomic E-state index is 10.5. The zero-order chi connectivity index (χ0) is 9.78. The molecule has 0 aliphatic heterocycles. The molecule has 0 aromatic heterocycles. The van der Waals surface area contributed by atoms with E-state index in [1.807, 2.05) is 0 Å². The first-order valence-corrected chi connectivity index (χ1v) is 4.05. The molecule has 1 atom stereocenters. The van der Waals surface area contributed by atoms with Crippen LogP contribution in [-0.4, -0.2) is 39.5 Å². The van der Waals surface area contributed by atoms with E-state index in [1.54, 1.807) is 0 Å². The molecule has 0 fully saturated rings. The van der Waals surface area contributed by atoms with Crippen molar-refractivity contribution in [1.82, 2.24) is 0 Å². The highest BCUT2D eigenvalue weighted by Crippen LogP contribution is 2.12. The fourth-order valence-electron chi connectivity index (χ4n) is 0.640. The van der Waals surface area contributed by atoms with Gasteiger partial charge >= 0.3 is 13.1 Å². The lowest BCUT2D eigenvalue weighted by atomic mass is 9.79. The Morgan fingerprint density at radius 3 is 2.33 bits per heavy atom. The summed E-state index contributed by atoms with van der Waals surface area (Å²) in [7, 11) is -1.52. The van der Waals surface area contributed by atoms with Crippen molar-refractivity contribution in [2.45, 2.75) is 18.3 Å². The summed E-state index contributed by atoms with van der Waals surface area (Å²) >= 11 is 3.77. The summed E-state index contributed by atoms with van der Waals surface area (Å²) in [4.78, 5) is 10.5. The van der Waals surface area contributed by atoms with Gasteiger partial charge in [0, 0.05) is 5.75 Å². The largest absolute Gasteiger partial charge is 0.480 e. The zero-order valence-corrected chi connectivity index (χ0v) is 7.37. The lowest BCUT2D eigenvalue weighted by molar-refractivity contribution is -0.142. The van der Waals surface area contributed by atoms with Crippen LogP contribution in [0.1, 0.15) is 6.42 Å². The molecule has 0 saturated heterocycles. The summed E-state index contributed by atoms with van der Waals surface area (Å²) in [5.41, 5.74) is 3.92. The van der Waals surface area contributed by atoms with Gasteiger partial charge in [0.15, 0.2) is 0 Å². The standard InChI is InChI=1S/C5H12BNO4S/c7-5(3-12,4(8)9)1-2-6(10)11/h10-12H,1-3,7H2,(H,8,9). The summed E-state index contributed by atoms with van der Waals surface area (Å²) in [6.45, 7) is 0. The molecule has 0 spiro atoms. The molecule has 5 N–H and O–H groups in total. The molecule has 5 nitrogen and oxygen atoms in total. The van der Waals surface area contributed by atoms with Crippen LogP contribution >= 0.6 is 12.6 Å². The Bertz CT molecular complexity index is 168. The number of carboxylic acids is 1. The van der Waals surface area contributed by atoms with E-state index in [9.17, 15) is 4.79 Å². The van der Waals surface area contributed by atoms with Crippen LogP contribution in [0.15, 0.2) is 0 Å². The van der Waals surface area contributed by atoms with E-state index in [-0.39, 0.29) is 18.5 Å². The SMILES string of the molecule is NC(CS)(CCB(O)O)C(=O)O. The van der Waals surface area contributed by atoms with Crippen LogP contribution in [0, 0.1) is 0 Å². The van der Waals surface area contributed by atoms with Crippen molar-refractivity contribution in [2.75, 3.05) is 5.75 Å². The van der Waals surface area contributed by atoms with Crippen LogP contribution in [0.2, 0.25) is 6.32 Å². The molecular weight excluding hydrogens is 181 g/mol. The van der Waals surface area contributed by atoms with Crippen LogP contribution in [0.3, 0.4) is 0 Å². The van der Waals surface area contributed by atoms with Crippen molar-refractivity contribution in [2.24, 2.45) is 5.73 Å². The highest BCUT2D eigenvalue weighted by molar-refractivity contribution is 7.80. The number of aliphatic carboxylic acids is 1. The van der Waals surface area contributed by atoms with E-state index in [0.29, 0.717) is 0 Å². The van der Waals surface area contributed by atoms with E-state index < -0.39 is 18.6 Å². The Hall–Kier alpha value is -0.235. The van der Waals surface area contributed by atoms with Crippen LogP contribution in [-0.2, 0) is 4.79 Å². The van der Waals surface area contributed by atoms with Crippen molar-refractivity contribution < 1.29 is 19.9 Å². The normalized spacial score (nSPS) is 15.3. The van der Waals surface area contributed by atoms with Crippen LogP contribution < -0.4 is 5.73 Å². The highest BCUT2D eigenvalue weighted by atomic mass is 32.1. The lowest BCUT2D eigenvalue weighted by Gasteiger charge is -2.21. The van der Waals surface area contributed by atoms with Gasteiger partial charge in [-0.2, -0.15) is 12.6 Å². The molecular formula is C5H12BNO4S. The third-order valence-corrected chi connectivity index (χ3v) is 2.12. The maximum atomic E-state index is 10.5. The summed E-state index contributed by atoms with van der Waals surface area (Å²) in [6, 6.07) is 0. The third-order valence-electron chi connectivity index (χ3n) is 1.56. The lowest BCUT2D eigenvalue weighted by Crippen LogP contribution is -2.50. The molecule has 0 heterocycles. The number of thiol groups is 1. The Morgan fingerprint density at radius 1 is 1.58 bits per heavy atom. The fraction of sp³-hybridized carbons (Fsp3) is 0.800. The fourth-order valence-corrected chi connectivity index (χ4v) is 0.934. The first-order chi connectivity index (χ1) is 5.42. The molecule has 0 saturated carbocycles. The highest BCUT2D eigenvalue weighted by Gasteiger charge is 2.33. The zero-order valence-electron chi connectivity index (χ0n) is 6.47. The molecule has 70 valence electrons. The molecule has 0 amide bonds. The minimum Gasteiger partial charge on any atom is -0.480 e. The average molecular weight is 193 g/mol. The molecule has 0 rings (SSSR count). The quantitative estimate of drug-likeness (QED) is 0.272. The summed E-state index contributed by atoms with van der Waals surface area (Å²) < 4.78 is 0. The van der Waals surface area contributed by atoms with Gasteiger partial charge in [-0.25, -0.2) is 0 Å². The molecule has 0 bridgehead atoms. The van der Waals surface area contributed by atoms with Crippen molar-refractivity contribution in [3.05, 3.63) is 0 Å². The topological polar surface area (TPSA) is 104 Å². The predicted octanol–water partition coefficient (Wildman–Crippen LogP) is -1.44. The first-order valence-electron chi connectivity index (χ1n) is 3.41. The maximum Gasteiger partial charge on any atom is 0.451 e. The van der Waals surface area contributed by atoms with E-state index in [0.717, 1.165) is 0 Å². The van der Waals surface area contributed by atoms with Gasteiger partial charge in [-0.15, -0.1) is 0 Å². The van der Waals surface area contributed by atoms with Gasteiger partial charge in [0.05, 0.1) is 0 Å². The number of nitrogens with two attached hydrogens (primary N) is 1. The first kappa shape index (κ1) is 11.8. The summed E-state index contributed by atoms with van der Waals surface area (Å²) in [5.74, 6) is -1.21. The summed E-state index contributed by atoms with van der Waals surface area (Å²) in [6.07, 6.45) is -0.0765. The third kappa shape index (κ3) is 3.44. The minimum absolute atomic E-state index is 0.0104. The molecule has 12 heavy (non-hydrogen) atoms. The molecule has 0 aromatic carbocycles. The van der Waals surface area contributed by atoms with Gasteiger partial charge in [-0.1, -0.05) is 0 Å². The Labute approximate surface area is 76.1 Å². The van der Waals surface area contributed by atoms with Gasteiger partial charge in [-0.3, -0.25) is 4.79 Å². The van der Waals surface area contributed by atoms with Crippen molar-refractivity contribution in [3.63, 3.8) is 0 Å². The van der Waals surface area contributed by atoms with Crippen molar-refractivity contribution in [3.8, 4) is 0 Å². The predicted molar refractivity (Wildman–Crippen MR) is 48.0 cm³/mol. The van der Waals surface area contributed by atoms with Gasteiger partial charge in [0.2, 0.25) is 0 Å². The number of carboxylic acid groups (broad SMARTS) is 1. The molecule has 0 aromatic rings. The van der Waals surface area contributed by atoms with Crippen molar-refractivity contribution in [1.29, 1.82) is 0 Å². The van der Waals surface area contributed by atoms with Gasteiger partial charge in [0.25, 0.3) is 0 Å². The van der Waals surface area contributed by atoms with Gasteiger partial charge in [0.1, 0.15) is 5.54 Å². The van der Waals surface area contributed by atoms with Crippen molar-refractivity contribution >= 4 is 25.7 Å². The second-order valence-corrected chi connectivity index (χ2v) is 2.95. The molecule has 7 heteroatoms. The Morgan fingerprint density at radius 2 is 2.08 bits per heavy atom. The van der Waals surface area contributed by atoms with Crippen LogP contribution in [0.5, 0.6) is 0 Å². The molecule has 0 aliphatic carbocycles. The second kappa shape index (κ2) is 4.71.